The van der Waals surface area contributed by atoms with Gasteiger partial charge in [0, 0.05) is 26.6 Å². The SMILES string of the molecule is Cc1cc(Br)cc2c1O[C@H](C(F)(F)F)C(C(=O)OCCN(C)CCON(O)I=O)=C2. The Morgan fingerprint density at radius 1 is 1.33 bits per heavy atom. The Balaban J connectivity index is 2.03. The summed E-state index contributed by atoms with van der Waals surface area (Å²) in [4.78, 5) is 18.7. The first-order chi connectivity index (χ1) is 14.0. The minimum absolute atomic E-state index is 0.0308. The van der Waals surface area contributed by atoms with Crippen molar-refractivity contribution in [2.45, 2.75) is 19.2 Å². The van der Waals surface area contributed by atoms with Crippen molar-refractivity contribution in [1.29, 1.82) is 0 Å². The Morgan fingerprint density at radius 3 is 2.63 bits per heavy atom. The summed E-state index contributed by atoms with van der Waals surface area (Å²) < 4.78 is 61.9. The van der Waals surface area contributed by atoms with Crippen LogP contribution in [-0.4, -0.2) is 65.1 Å². The molecular formula is C17H19BrF3IN2O6. The van der Waals surface area contributed by atoms with E-state index in [0.29, 0.717) is 22.1 Å². The van der Waals surface area contributed by atoms with Gasteiger partial charge in [0.25, 0.3) is 21.5 Å². The van der Waals surface area contributed by atoms with Crippen LogP contribution in [0.15, 0.2) is 22.2 Å². The molecule has 168 valence electrons. The lowest BCUT2D eigenvalue weighted by atomic mass is 9.99. The van der Waals surface area contributed by atoms with Gasteiger partial charge in [0.1, 0.15) is 12.4 Å². The third-order valence-electron chi connectivity index (χ3n) is 4.07. The Bertz CT molecular complexity index is 823. The molecule has 0 radical (unpaired) electrons. The molecule has 8 nitrogen and oxygen atoms in total. The molecule has 1 N–H and O–H groups in total. The van der Waals surface area contributed by atoms with E-state index < -0.39 is 45.3 Å². The first kappa shape index (κ1) is 25.1. The van der Waals surface area contributed by atoms with Crippen molar-refractivity contribution in [1.82, 2.24) is 8.34 Å². The van der Waals surface area contributed by atoms with Crippen LogP contribution in [0.3, 0.4) is 0 Å². The fourth-order valence-electron chi connectivity index (χ4n) is 2.64. The van der Waals surface area contributed by atoms with Crippen molar-refractivity contribution in [2.24, 2.45) is 0 Å². The standard InChI is InChI=1S/C17H19BrF3IN2O6/c1-10-7-12(18)8-11-9-13(15(17(19,20)21)30-14(10)11)16(25)28-5-3-23(2)4-6-29-24(27)22-26/h7-9,15,27H,3-6H2,1-2H3/t15-/m0/s1. The lowest BCUT2D eigenvalue weighted by molar-refractivity contribution is -0.241. The van der Waals surface area contributed by atoms with Gasteiger partial charge in [-0.3, -0.25) is 10.0 Å². The predicted molar refractivity (Wildman–Crippen MR) is 110 cm³/mol. The monoisotopic (exact) mass is 610 g/mol. The van der Waals surface area contributed by atoms with Crippen LogP contribution in [0.25, 0.3) is 6.08 Å². The molecule has 1 heterocycles. The average Bonchev–Trinajstić information content (AvgIpc) is 2.65. The van der Waals surface area contributed by atoms with Crippen molar-refractivity contribution in [3.63, 3.8) is 0 Å². The van der Waals surface area contributed by atoms with E-state index in [1.165, 1.54) is 0 Å². The number of hydrogen-bond donors (Lipinski definition) is 1. The highest BCUT2D eigenvalue weighted by atomic mass is 127. The zero-order valence-corrected chi connectivity index (χ0v) is 19.7. The fourth-order valence-corrected chi connectivity index (χ4v) is 3.54. The molecule has 0 bridgehead atoms. The summed E-state index contributed by atoms with van der Waals surface area (Å²) >= 11 is 1.43. The lowest BCUT2D eigenvalue weighted by Gasteiger charge is -2.29. The average molecular weight is 611 g/mol. The second kappa shape index (κ2) is 10.9. The number of nitrogens with zero attached hydrogens (tertiary/aromatic N) is 2. The number of ether oxygens (including phenoxy) is 2. The molecule has 2 rings (SSSR count). The van der Waals surface area contributed by atoms with Gasteiger partial charge in [-0.2, -0.15) is 13.2 Å². The third-order valence-corrected chi connectivity index (χ3v) is 5.14. The quantitative estimate of drug-likeness (QED) is 0.196. The number of hydrogen-bond acceptors (Lipinski definition) is 7. The molecule has 0 aliphatic carbocycles. The second-order valence-electron chi connectivity index (χ2n) is 6.35. The molecule has 0 saturated carbocycles. The van der Waals surface area contributed by atoms with Crippen LogP contribution >= 0.6 is 37.4 Å². The molecule has 1 aromatic rings. The van der Waals surface area contributed by atoms with Crippen molar-refractivity contribution < 1.29 is 40.6 Å². The number of benzene rings is 1. The van der Waals surface area contributed by atoms with Crippen molar-refractivity contribution in [2.75, 3.05) is 33.4 Å². The summed E-state index contributed by atoms with van der Waals surface area (Å²) in [6.45, 7) is 1.99. The smallest absolute Gasteiger partial charge is 0.430 e. The number of esters is 1. The van der Waals surface area contributed by atoms with Gasteiger partial charge in [0.2, 0.25) is 6.10 Å². The fraction of sp³-hybridized carbons (Fsp3) is 0.471. The molecule has 1 atom stereocenters. The minimum Gasteiger partial charge on any atom is -0.475 e. The van der Waals surface area contributed by atoms with Gasteiger partial charge in [-0.05, 0) is 37.7 Å². The van der Waals surface area contributed by atoms with Crippen molar-refractivity contribution in [3.8, 4) is 5.75 Å². The Labute approximate surface area is 189 Å². The molecule has 1 aliphatic heterocycles. The second-order valence-corrected chi connectivity index (χ2v) is 8.48. The number of rotatable bonds is 9. The minimum atomic E-state index is -4.80. The number of alkyl halides is 3. The molecule has 0 amide bonds. The van der Waals surface area contributed by atoms with E-state index >= 15 is 0 Å². The first-order valence-corrected chi connectivity index (χ1v) is 11.2. The molecule has 30 heavy (non-hydrogen) atoms. The number of carbonyl (C=O) groups excluding carboxylic acids is 1. The van der Waals surface area contributed by atoms with Crippen molar-refractivity contribution in [3.05, 3.63) is 33.3 Å². The highest BCUT2D eigenvalue weighted by Gasteiger charge is 2.49. The number of halogens is 5. The van der Waals surface area contributed by atoms with Gasteiger partial charge in [0.05, 0.1) is 12.2 Å². The van der Waals surface area contributed by atoms with Gasteiger partial charge in [-0.25, -0.2) is 7.86 Å². The summed E-state index contributed by atoms with van der Waals surface area (Å²) in [6, 6.07) is 3.18. The molecule has 0 saturated heterocycles. The highest BCUT2D eigenvalue weighted by Crippen LogP contribution is 2.40. The molecule has 0 unspecified atom stereocenters. The molecule has 13 heteroatoms. The van der Waals surface area contributed by atoms with E-state index in [1.54, 1.807) is 31.0 Å². The topological polar surface area (TPSA) is 88.5 Å². The Morgan fingerprint density at radius 2 is 2.00 bits per heavy atom. The first-order valence-electron chi connectivity index (χ1n) is 8.53. The predicted octanol–water partition coefficient (Wildman–Crippen LogP) is 3.79. The lowest BCUT2D eigenvalue weighted by Crippen LogP contribution is -2.41. The third kappa shape index (κ3) is 6.95. The van der Waals surface area contributed by atoms with Crippen LogP contribution in [0.1, 0.15) is 11.1 Å². The van der Waals surface area contributed by atoms with Crippen LogP contribution in [0.5, 0.6) is 5.75 Å². The largest absolute Gasteiger partial charge is 0.475 e. The summed E-state index contributed by atoms with van der Waals surface area (Å²) in [6.07, 6.45) is -6.08. The van der Waals surface area contributed by atoms with Crippen LogP contribution in [0, 0.1) is 6.92 Å². The van der Waals surface area contributed by atoms with E-state index in [-0.39, 0.29) is 28.9 Å². The maximum absolute atomic E-state index is 13.5. The number of likely N-dealkylation sites (N-methyl/N-ethyl adjacent to an activating group) is 1. The normalized spacial score (nSPS) is 16.3. The van der Waals surface area contributed by atoms with E-state index in [2.05, 4.69) is 15.9 Å². The Kier molecular flexibility index (Phi) is 9.17. The van der Waals surface area contributed by atoms with Gasteiger partial charge in [0.15, 0.2) is 0 Å². The van der Waals surface area contributed by atoms with E-state index in [1.807, 2.05) is 0 Å². The molecule has 1 aliphatic rings. The molecule has 1 aromatic carbocycles. The zero-order valence-electron chi connectivity index (χ0n) is 15.9. The Hall–Kier alpha value is -1.13. The highest BCUT2D eigenvalue weighted by molar-refractivity contribution is 14.1. The van der Waals surface area contributed by atoms with E-state index in [0.717, 1.165) is 6.08 Å². The molecule has 0 spiro atoms. The molecule has 0 fully saturated rings. The summed E-state index contributed by atoms with van der Waals surface area (Å²) in [7, 11) is 1.66. The van der Waals surface area contributed by atoms with Gasteiger partial charge < -0.3 is 14.4 Å². The van der Waals surface area contributed by atoms with Crippen LogP contribution < -0.4 is 4.74 Å². The van der Waals surface area contributed by atoms with Gasteiger partial charge in [-0.1, -0.05) is 15.9 Å². The van der Waals surface area contributed by atoms with Crippen LogP contribution in [-0.2, 0) is 17.4 Å². The summed E-state index contributed by atoms with van der Waals surface area (Å²) in [5, 5.41) is 8.91. The maximum Gasteiger partial charge on any atom is 0.430 e. The van der Waals surface area contributed by atoms with Gasteiger partial charge in [-0.15, -0.1) is 0 Å². The maximum atomic E-state index is 13.5. The van der Waals surface area contributed by atoms with E-state index in [4.69, 9.17) is 19.5 Å². The summed E-state index contributed by atoms with van der Waals surface area (Å²) in [5.74, 6) is -1.06. The van der Waals surface area contributed by atoms with E-state index in [9.17, 15) is 21.0 Å². The molecule has 0 aromatic heterocycles. The number of aryl methyl sites for hydroxylation is 1. The number of carbonyl (C=O) groups is 1. The van der Waals surface area contributed by atoms with Crippen LogP contribution in [0.2, 0.25) is 0 Å². The number of fused-ring (bicyclic) bond motifs is 1. The summed E-state index contributed by atoms with van der Waals surface area (Å²) in [5.41, 5.74) is 0.216. The van der Waals surface area contributed by atoms with Gasteiger partial charge >= 0.3 is 12.1 Å². The van der Waals surface area contributed by atoms with Crippen molar-refractivity contribution >= 4 is 49.4 Å². The zero-order chi connectivity index (χ0) is 22.5. The molecular weight excluding hydrogens is 592 g/mol. The van der Waals surface area contributed by atoms with Crippen LogP contribution in [0.4, 0.5) is 13.2 Å².